The summed E-state index contributed by atoms with van der Waals surface area (Å²) in [5.41, 5.74) is 1.47. The van der Waals surface area contributed by atoms with E-state index in [9.17, 15) is 13.2 Å². The molecule has 0 saturated carbocycles. The third-order valence-electron chi connectivity index (χ3n) is 3.80. The predicted molar refractivity (Wildman–Crippen MR) is 126 cm³/mol. The Morgan fingerprint density at radius 2 is 1.66 bits per heavy atom. The molecule has 0 bridgehead atoms. The van der Waals surface area contributed by atoms with E-state index in [0.29, 0.717) is 20.7 Å². The first-order chi connectivity index (χ1) is 15.4. The van der Waals surface area contributed by atoms with Crippen LogP contribution in [0.1, 0.15) is 15.9 Å². The van der Waals surface area contributed by atoms with E-state index < -0.39 is 15.9 Å². The van der Waals surface area contributed by atoms with Crippen LogP contribution in [0.2, 0.25) is 5.02 Å². The Morgan fingerprint density at radius 1 is 0.938 bits per heavy atom. The lowest BCUT2D eigenvalue weighted by Gasteiger charge is -2.01. The molecule has 0 fully saturated rings. The highest BCUT2D eigenvalue weighted by Gasteiger charge is 2.23. The lowest BCUT2D eigenvalue weighted by atomic mass is 10.2. The fourth-order valence-electron chi connectivity index (χ4n) is 2.33. The zero-order valence-corrected chi connectivity index (χ0v) is 19.9. The van der Waals surface area contributed by atoms with Gasteiger partial charge in [0.25, 0.3) is 20.3 Å². The molecule has 32 heavy (non-hydrogen) atoms. The number of hydrogen-bond acceptors (Lipinski definition) is 10. The second kappa shape index (κ2) is 9.92. The first kappa shape index (κ1) is 22.6. The quantitative estimate of drug-likeness (QED) is 0.256. The zero-order valence-electron chi connectivity index (χ0n) is 15.9. The zero-order chi connectivity index (χ0) is 22.6. The summed E-state index contributed by atoms with van der Waals surface area (Å²) in [5.74, 6) is 0.230. The van der Waals surface area contributed by atoms with Gasteiger partial charge in [-0.1, -0.05) is 76.4 Å². The van der Waals surface area contributed by atoms with Crippen molar-refractivity contribution in [1.82, 2.24) is 20.4 Å². The van der Waals surface area contributed by atoms with Crippen molar-refractivity contribution >= 4 is 72.2 Å². The molecule has 0 radical (unpaired) electrons. The normalized spacial score (nSPS) is 11.3. The Balaban J connectivity index is 1.38. The maximum atomic E-state index is 12.6. The highest BCUT2D eigenvalue weighted by Crippen LogP contribution is 2.30. The molecule has 2 aromatic carbocycles. The van der Waals surface area contributed by atoms with Crippen LogP contribution in [0.5, 0.6) is 0 Å². The van der Waals surface area contributed by atoms with Crippen LogP contribution in [0, 0.1) is 0 Å². The maximum Gasteiger partial charge on any atom is 0.293 e. The SMILES string of the molecule is O=C(Nc1nnc(S(=O)(=O)Nc2nnc(SCc3ccccc3)s2)s1)c1ccc(Cl)cc1. The molecular formula is C18H13ClN6O3S4. The lowest BCUT2D eigenvalue weighted by molar-refractivity contribution is 0.102. The molecule has 4 rings (SSSR count). The fourth-order valence-corrected chi connectivity index (χ4v) is 6.29. The summed E-state index contributed by atoms with van der Waals surface area (Å²) in [7, 11) is -4.03. The first-order valence-corrected chi connectivity index (χ1v) is 13.3. The minimum absolute atomic E-state index is 0.0432. The molecule has 2 aromatic heterocycles. The Kier molecular flexibility index (Phi) is 7.01. The number of hydrogen-bond donors (Lipinski definition) is 2. The molecule has 0 spiro atoms. The number of sulfonamides is 1. The van der Waals surface area contributed by atoms with Gasteiger partial charge in [0, 0.05) is 16.3 Å². The van der Waals surface area contributed by atoms with Gasteiger partial charge in [0.1, 0.15) is 0 Å². The monoisotopic (exact) mass is 524 g/mol. The van der Waals surface area contributed by atoms with E-state index in [2.05, 4.69) is 30.4 Å². The van der Waals surface area contributed by atoms with E-state index in [-0.39, 0.29) is 14.6 Å². The number of nitrogens with zero attached hydrogens (tertiary/aromatic N) is 4. The summed E-state index contributed by atoms with van der Waals surface area (Å²) in [4.78, 5) is 12.2. The molecule has 2 heterocycles. The van der Waals surface area contributed by atoms with Gasteiger partial charge in [0.15, 0.2) is 4.34 Å². The minimum atomic E-state index is -4.03. The third kappa shape index (κ3) is 5.81. The Morgan fingerprint density at radius 3 is 2.41 bits per heavy atom. The first-order valence-electron chi connectivity index (χ1n) is 8.82. The number of amides is 1. The highest BCUT2D eigenvalue weighted by molar-refractivity contribution is 8.00. The smallest absolute Gasteiger partial charge is 0.293 e. The standard InChI is InChI=1S/C18H13ClN6O3S4/c19-13-8-6-12(7-9-13)14(26)20-15-21-24-18(31-15)32(27,28)25-16-22-23-17(30-16)29-10-11-4-2-1-3-5-11/h1-9H,10H2,(H,22,25)(H,20,21,26). The Labute approximate surface area is 200 Å². The molecule has 14 heteroatoms. The average molecular weight is 525 g/mol. The second-order valence-corrected chi connectivity index (χ2v) is 11.6. The number of thioether (sulfide) groups is 1. The van der Waals surface area contributed by atoms with Crippen molar-refractivity contribution < 1.29 is 13.2 Å². The summed E-state index contributed by atoms with van der Waals surface area (Å²) >= 11 is 9.10. The number of aromatic nitrogens is 4. The van der Waals surface area contributed by atoms with Crippen molar-refractivity contribution in [3.8, 4) is 0 Å². The van der Waals surface area contributed by atoms with Crippen molar-refractivity contribution in [3.05, 3.63) is 70.7 Å². The van der Waals surface area contributed by atoms with E-state index in [4.69, 9.17) is 11.6 Å². The summed E-state index contributed by atoms with van der Waals surface area (Å²) in [6.07, 6.45) is 0. The summed E-state index contributed by atoms with van der Waals surface area (Å²) in [5, 5.41) is 18.4. The van der Waals surface area contributed by atoms with Gasteiger partial charge in [-0.3, -0.25) is 14.8 Å². The molecule has 1 amide bonds. The topological polar surface area (TPSA) is 127 Å². The molecule has 0 aliphatic rings. The van der Waals surface area contributed by atoms with Crippen LogP contribution in [-0.4, -0.2) is 34.7 Å². The number of nitrogens with one attached hydrogen (secondary N) is 2. The van der Waals surface area contributed by atoms with E-state index in [1.807, 2.05) is 30.3 Å². The predicted octanol–water partition coefficient (Wildman–Crippen LogP) is 4.39. The molecular weight excluding hydrogens is 512 g/mol. The van der Waals surface area contributed by atoms with Gasteiger partial charge < -0.3 is 0 Å². The Hall–Kier alpha value is -2.58. The number of carbonyl (C=O) groups excluding carboxylic acids is 1. The summed E-state index contributed by atoms with van der Waals surface area (Å²) in [6, 6.07) is 16.1. The molecule has 4 aromatic rings. The van der Waals surface area contributed by atoms with Crippen LogP contribution < -0.4 is 10.0 Å². The van der Waals surface area contributed by atoms with Crippen LogP contribution in [-0.2, 0) is 15.8 Å². The molecule has 9 nitrogen and oxygen atoms in total. The van der Waals surface area contributed by atoms with Crippen molar-refractivity contribution in [2.45, 2.75) is 14.4 Å². The van der Waals surface area contributed by atoms with Crippen LogP contribution in [0.25, 0.3) is 0 Å². The van der Waals surface area contributed by atoms with Crippen LogP contribution >= 0.6 is 46.0 Å². The van der Waals surface area contributed by atoms with E-state index in [1.54, 1.807) is 24.3 Å². The largest absolute Gasteiger partial charge is 0.296 e. The molecule has 0 aliphatic heterocycles. The maximum absolute atomic E-state index is 12.6. The second-order valence-electron chi connectivity index (χ2n) is 6.09. The Bertz CT molecular complexity index is 1330. The van der Waals surface area contributed by atoms with Gasteiger partial charge in [-0.25, -0.2) is 0 Å². The van der Waals surface area contributed by atoms with Gasteiger partial charge in [0.2, 0.25) is 10.3 Å². The minimum Gasteiger partial charge on any atom is -0.296 e. The molecule has 0 saturated heterocycles. The number of carbonyl (C=O) groups is 1. The summed E-state index contributed by atoms with van der Waals surface area (Å²) in [6.45, 7) is 0. The van der Waals surface area contributed by atoms with Crippen molar-refractivity contribution in [2.75, 3.05) is 10.0 Å². The van der Waals surface area contributed by atoms with Crippen molar-refractivity contribution in [3.63, 3.8) is 0 Å². The molecule has 0 aliphatic carbocycles. The van der Waals surface area contributed by atoms with Crippen LogP contribution in [0.4, 0.5) is 10.3 Å². The molecule has 0 atom stereocenters. The highest BCUT2D eigenvalue weighted by atomic mass is 35.5. The average Bonchev–Trinajstić information content (AvgIpc) is 3.43. The molecule has 0 unspecified atom stereocenters. The van der Waals surface area contributed by atoms with Crippen LogP contribution in [0.15, 0.2) is 63.3 Å². The van der Waals surface area contributed by atoms with E-state index in [0.717, 1.165) is 28.2 Å². The van der Waals surface area contributed by atoms with Gasteiger partial charge in [0.05, 0.1) is 0 Å². The summed E-state index contributed by atoms with van der Waals surface area (Å²) < 4.78 is 27.9. The molecule has 164 valence electrons. The van der Waals surface area contributed by atoms with Gasteiger partial charge in [-0.2, -0.15) is 8.42 Å². The lowest BCUT2D eigenvalue weighted by Crippen LogP contribution is -2.12. The van der Waals surface area contributed by atoms with Crippen molar-refractivity contribution in [1.29, 1.82) is 0 Å². The van der Waals surface area contributed by atoms with E-state index >= 15 is 0 Å². The fraction of sp³-hybridized carbons (Fsp3) is 0.0556. The number of benzene rings is 2. The number of halogens is 1. The number of anilines is 2. The number of rotatable bonds is 8. The third-order valence-corrected chi connectivity index (χ3v) is 8.77. The van der Waals surface area contributed by atoms with Gasteiger partial charge in [-0.15, -0.1) is 20.4 Å². The molecule has 2 N–H and O–H groups in total. The van der Waals surface area contributed by atoms with E-state index in [1.165, 1.54) is 11.8 Å². The van der Waals surface area contributed by atoms with Gasteiger partial charge in [-0.05, 0) is 29.8 Å². The van der Waals surface area contributed by atoms with Crippen LogP contribution in [0.3, 0.4) is 0 Å². The van der Waals surface area contributed by atoms with Gasteiger partial charge >= 0.3 is 0 Å². The van der Waals surface area contributed by atoms with Crippen molar-refractivity contribution in [2.24, 2.45) is 0 Å².